The summed E-state index contributed by atoms with van der Waals surface area (Å²) in [6.07, 6.45) is 0.493. The van der Waals surface area contributed by atoms with E-state index in [1.54, 1.807) is 11.3 Å². The molecule has 78 valence electrons. The third-order valence-electron chi connectivity index (χ3n) is 1.45. The van der Waals surface area contributed by atoms with Crippen LogP contribution in [0.2, 0.25) is 0 Å². The Morgan fingerprint density at radius 1 is 1.33 bits per heavy atom. The Morgan fingerprint density at radius 3 is 2.40 bits per heavy atom. The molecule has 0 spiro atoms. The number of amides is 1. The highest BCUT2D eigenvalue weighted by molar-refractivity contribution is 7.13. The molecule has 0 aliphatic heterocycles. The zero-order valence-electron chi connectivity index (χ0n) is 7.83. The molecule has 0 radical (unpaired) electrons. The number of rotatable bonds is 1. The van der Waals surface area contributed by atoms with Gasteiger partial charge in [-0.15, -0.1) is 11.3 Å². The maximum Gasteiger partial charge on any atom is 0.402 e. The highest BCUT2D eigenvalue weighted by Crippen LogP contribution is 2.20. The van der Waals surface area contributed by atoms with Crippen LogP contribution in [0.1, 0.15) is 0 Å². The van der Waals surface area contributed by atoms with Gasteiger partial charge in [0.15, 0.2) is 0 Å². The number of primary amides is 1. The summed E-state index contributed by atoms with van der Waals surface area (Å²) in [7, 11) is 0. The lowest BCUT2D eigenvalue weighted by atomic mass is 10.2. The van der Waals surface area contributed by atoms with Crippen LogP contribution in [0.5, 0.6) is 0 Å². The van der Waals surface area contributed by atoms with Gasteiger partial charge in [-0.05, 0) is 0 Å². The van der Waals surface area contributed by atoms with Gasteiger partial charge in [-0.3, -0.25) is 0 Å². The fourth-order valence-corrected chi connectivity index (χ4v) is 1.59. The number of nitrogens with two attached hydrogens (primary N) is 1. The summed E-state index contributed by atoms with van der Waals surface area (Å²) in [5, 5.41) is 10.3. The molecular formula is C10H10N2O2S. The van der Waals surface area contributed by atoms with Gasteiger partial charge < -0.3 is 10.8 Å². The summed E-state index contributed by atoms with van der Waals surface area (Å²) in [4.78, 5) is 13.0. The molecule has 0 saturated carbocycles. The van der Waals surface area contributed by atoms with Crippen molar-refractivity contribution < 1.29 is 9.90 Å². The predicted octanol–water partition coefficient (Wildman–Crippen LogP) is 2.43. The summed E-state index contributed by atoms with van der Waals surface area (Å²) in [5.74, 6) is 0. The van der Waals surface area contributed by atoms with E-state index in [9.17, 15) is 0 Å². The molecule has 1 aromatic carbocycles. The van der Waals surface area contributed by atoms with E-state index in [-0.39, 0.29) is 0 Å². The molecule has 15 heavy (non-hydrogen) atoms. The molecular weight excluding hydrogens is 212 g/mol. The van der Waals surface area contributed by atoms with Gasteiger partial charge in [-0.1, -0.05) is 30.3 Å². The van der Waals surface area contributed by atoms with Crippen molar-refractivity contribution in [3.05, 3.63) is 41.9 Å². The summed E-state index contributed by atoms with van der Waals surface area (Å²) < 4.78 is 0. The lowest BCUT2D eigenvalue weighted by Gasteiger charge is -1.91. The van der Waals surface area contributed by atoms with E-state index >= 15 is 0 Å². The summed E-state index contributed by atoms with van der Waals surface area (Å²) in [6, 6.07) is 10.2. The van der Waals surface area contributed by atoms with E-state index in [0.717, 1.165) is 5.01 Å². The summed E-state index contributed by atoms with van der Waals surface area (Å²) >= 11 is 1.66. The number of benzene rings is 1. The molecule has 2 rings (SSSR count). The Balaban J connectivity index is 0.000000245. The number of hydrogen-bond donors (Lipinski definition) is 2. The third kappa shape index (κ3) is 4.24. The zero-order chi connectivity index (χ0) is 11.1. The Morgan fingerprint density at radius 2 is 1.93 bits per heavy atom. The van der Waals surface area contributed by atoms with Gasteiger partial charge in [-0.2, -0.15) is 0 Å². The molecule has 0 bridgehead atoms. The van der Waals surface area contributed by atoms with E-state index in [1.165, 1.54) is 5.56 Å². The van der Waals surface area contributed by atoms with Gasteiger partial charge in [0.2, 0.25) is 0 Å². The minimum Gasteiger partial charge on any atom is -0.465 e. The summed E-state index contributed by atoms with van der Waals surface area (Å²) in [5.41, 5.74) is 5.22. The molecule has 0 atom stereocenters. The molecule has 1 heterocycles. The Hall–Kier alpha value is -1.88. The second kappa shape index (κ2) is 5.77. The maximum absolute atomic E-state index is 8.78. The van der Waals surface area contributed by atoms with E-state index in [1.807, 2.05) is 29.8 Å². The largest absolute Gasteiger partial charge is 0.465 e. The monoisotopic (exact) mass is 222 g/mol. The first-order valence-corrected chi connectivity index (χ1v) is 5.01. The standard InChI is InChI=1S/C9H7NS.CH3NO2/c1-2-4-8(5-3-1)9-10-6-7-11-9;2-1(3)4/h1-7H;2H2,(H,3,4). The minimum absolute atomic E-state index is 1.09. The molecule has 0 aliphatic rings. The topological polar surface area (TPSA) is 76.2 Å². The molecule has 1 aromatic heterocycles. The number of aromatic nitrogens is 1. The fourth-order valence-electron chi connectivity index (χ4n) is 0.947. The van der Waals surface area contributed by atoms with Crippen molar-refractivity contribution in [2.75, 3.05) is 0 Å². The minimum atomic E-state index is -1.33. The van der Waals surface area contributed by atoms with E-state index in [2.05, 4.69) is 22.9 Å². The first kappa shape index (κ1) is 11.2. The van der Waals surface area contributed by atoms with Gasteiger partial charge >= 0.3 is 6.09 Å². The average Bonchev–Trinajstić information content (AvgIpc) is 2.71. The first-order chi connectivity index (χ1) is 7.20. The van der Waals surface area contributed by atoms with Gasteiger partial charge in [0.1, 0.15) is 5.01 Å². The SMILES string of the molecule is NC(=O)O.c1ccc(-c2nccs2)cc1. The lowest BCUT2D eigenvalue weighted by molar-refractivity contribution is 0.205. The van der Waals surface area contributed by atoms with Gasteiger partial charge in [0, 0.05) is 17.1 Å². The Labute approximate surface area is 91.0 Å². The lowest BCUT2D eigenvalue weighted by Crippen LogP contribution is -2.03. The van der Waals surface area contributed by atoms with E-state index < -0.39 is 6.09 Å². The van der Waals surface area contributed by atoms with Crippen LogP contribution in [0.4, 0.5) is 4.79 Å². The zero-order valence-corrected chi connectivity index (χ0v) is 8.65. The summed E-state index contributed by atoms with van der Waals surface area (Å²) in [6.45, 7) is 0. The van der Waals surface area contributed by atoms with Crippen molar-refractivity contribution in [3.8, 4) is 10.6 Å². The molecule has 3 N–H and O–H groups in total. The molecule has 0 unspecified atom stereocenters. The molecule has 0 aliphatic carbocycles. The number of carboxylic acid groups (broad SMARTS) is 1. The predicted molar refractivity (Wildman–Crippen MR) is 59.8 cm³/mol. The van der Waals surface area contributed by atoms with Crippen LogP contribution in [0, 0.1) is 0 Å². The van der Waals surface area contributed by atoms with Crippen molar-refractivity contribution in [3.63, 3.8) is 0 Å². The van der Waals surface area contributed by atoms with Crippen molar-refractivity contribution in [2.24, 2.45) is 5.73 Å². The first-order valence-electron chi connectivity index (χ1n) is 4.13. The van der Waals surface area contributed by atoms with Gasteiger partial charge in [0.25, 0.3) is 0 Å². The van der Waals surface area contributed by atoms with Crippen molar-refractivity contribution in [1.29, 1.82) is 0 Å². The number of nitrogens with zero attached hydrogens (tertiary/aromatic N) is 1. The highest BCUT2D eigenvalue weighted by atomic mass is 32.1. The second-order valence-electron chi connectivity index (χ2n) is 2.54. The van der Waals surface area contributed by atoms with Crippen LogP contribution in [0.25, 0.3) is 10.6 Å². The Bertz CT molecular complexity index is 397. The quantitative estimate of drug-likeness (QED) is 0.778. The van der Waals surface area contributed by atoms with Gasteiger partial charge in [-0.25, -0.2) is 9.78 Å². The fraction of sp³-hybridized carbons (Fsp3) is 0. The third-order valence-corrected chi connectivity index (χ3v) is 2.28. The number of carbonyl (C=O) groups is 1. The van der Waals surface area contributed by atoms with Crippen molar-refractivity contribution in [1.82, 2.24) is 4.98 Å². The van der Waals surface area contributed by atoms with E-state index in [0.29, 0.717) is 0 Å². The average molecular weight is 222 g/mol. The van der Waals surface area contributed by atoms with E-state index in [4.69, 9.17) is 9.90 Å². The molecule has 0 saturated heterocycles. The van der Waals surface area contributed by atoms with Crippen LogP contribution in [-0.4, -0.2) is 16.2 Å². The normalized spacial score (nSPS) is 8.80. The van der Waals surface area contributed by atoms with Crippen molar-refractivity contribution >= 4 is 17.4 Å². The Kier molecular flexibility index (Phi) is 4.30. The van der Waals surface area contributed by atoms with Gasteiger partial charge in [0.05, 0.1) is 0 Å². The van der Waals surface area contributed by atoms with Crippen LogP contribution >= 0.6 is 11.3 Å². The van der Waals surface area contributed by atoms with Crippen LogP contribution < -0.4 is 5.73 Å². The molecule has 5 heteroatoms. The smallest absolute Gasteiger partial charge is 0.402 e. The maximum atomic E-state index is 8.78. The number of thiazole rings is 1. The van der Waals surface area contributed by atoms with Crippen LogP contribution in [0.3, 0.4) is 0 Å². The van der Waals surface area contributed by atoms with Crippen molar-refractivity contribution in [2.45, 2.75) is 0 Å². The highest BCUT2D eigenvalue weighted by Gasteiger charge is 1.95. The second-order valence-corrected chi connectivity index (χ2v) is 3.44. The number of hydrogen-bond acceptors (Lipinski definition) is 3. The van der Waals surface area contributed by atoms with Crippen LogP contribution in [0.15, 0.2) is 41.9 Å². The molecule has 1 amide bonds. The molecule has 2 aromatic rings. The molecule has 4 nitrogen and oxygen atoms in total. The molecule has 0 fully saturated rings. The van der Waals surface area contributed by atoms with Crippen LogP contribution in [-0.2, 0) is 0 Å².